The molecule has 18 heavy (non-hydrogen) atoms. The van der Waals surface area contributed by atoms with Gasteiger partial charge in [0.1, 0.15) is 0 Å². The Labute approximate surface area is 108 Å². The van der Waals surface area contributed by atoms with Crippen LogP contribution in [-0.4, -0.2) is 32.4 Å². The van der Waals surface area contributed by atoms with Crippen LogP contribution in [0.25, 0.3) is 0 Å². The highest BCUT2D eigenvalue weighted by Gasteiger charge is 2.11. The molecule has 7 heteroatoms. The lowest BCUT2D eigenvalue weighted by atomic mass is 10.3. The Bertz CT molecular complexity index is 442. The number of aromatic nitrogens is 1. The van der Waals surface area contributed by atoms with E-state index in [0.29, 0.717) is 12.2 Å². The number of aryl methyl sites for hydroxylation is 1. The van der Waals surface area contributed by atoms with Crippen LogP contribution in [0.15, 0.2) is 10.6 Å². The molecule has 0 aromatic carbocycles. The van der Waals surface area contributed by atoms with Gasteiger partial charge in [0.25, 0.3) is 0 Å². The third-order valence-corrected chi connectivity index (χ3v) is 3.82. The van der Waals surface area contributed by atoms with Gasteiger partial charge in [-0.15, -0.1) is 0 Å². The number of rotatable bonds is 9. The molecule has 1 aromatic rings. The SMILES string of the molecule is CCNCCCCS(=O)(=O)NCc1cc(C)no1. The summed E-state index contributed by atoms with van der Waals surface area (Å²) >= 11 is 0. The van der Waals surface area contributed by atoms with Crippen molar-refractivity contribution in [2.45, 2.75) is 33.2 Å². The monoisotopic (exact) mass is 275 g/mol. The molecular formula is C11H21N3O3S. The van der Waals surface area contributed by atoms with Gasteiger partial charge in [-0.3, -0.25) is 0 Å². The van der Waals surface area contributed by atoms with Crippen molar-refractivity contribution in [2.24, 2.45) is 0 Å². The first-order chi connectivity index (χ1) is 8.53. The van der Waals surface area contributed by atoms with Crippen LogP contribution >= 0.6 is 0 Å². The van der Waals surface area contributed by atoms with Gasteiger partial charge in [0.2, 0.25) is 10.0 Å². The lowest BCUT2D eigenvalue weighted by molar-refractivity contribution is 0.377. The molecule has 1 rings (SSSR count). The number of nitrogens with zero attached hydrogens (tertiary/aromatic N) is 1. The fourth-order valence-electron chi connectivity index (χ4n) is 1.47. The molecule has 0 amide bonds. The zero-order valence-electron chi connectivity index (χ0n) is 10.9. The Kier molecular flexibility index (Phi) is 6.31. The van der Waals surface area contributed by atoms with Gasteiger partial charge < -0.3 is 9.84 Å². The van der Waals surface area contributed by atoms with Crippen LogP contribution in [0.3, 0.4) is 0 Å². The molecule has 104 valence electrons. The maximum atomic E-state index is 11.6. The van der Waals surface area contributed by atoms with Crippen LogP contribution in [0, 0.1) is 6.92 Å². The summed E-state index contributed by atoms with van der Waals surface area (Å²) in [6.45, 7) is 5.75. The molecule has 0 aliphatic carbocycles. The van der Waals surface area contributed by atoms with Gasteiger partial charge in [-0.05, 0) is 32.9 Å². The first-order valence-corrected chi connectivity index (χ1v) is 7.79. The normalized spacial score (nSPS) is 11.9. The topological polar surface area (TPSA) is 84.2 Å². The minimum absolute atomic E-state index is 0.144. The molecular weight excluding hydrogens is 254 g/mol. The highest BCUT2D eigenvalue weighted by molar-refractivity contribution is 7.89. The van der Waals surface area contributed by atoms with Gasteiger partial charge in [0.15, 0.2) is 5.76 Å². The van der Waals surface area contributed by atoms with Crippen LogP contribution in [0.5, 0.6) is 0 Å². The van der Waals surface area contributed by atoms with Crippen molar-refractivity contribution in [3.8, 4) is 0 Å². The van der Waals surface area contributed by atoms with Crippen LogP contribution in [-0.2, 0) is 16.6 Å². The molecule has 0 aliphatic heterocycles. The third kappa shape index (κ3) is 6.13. The van der Waals surface area contributed by atoms with Crippen molar-refractivity contribution in [1.29, 1.82) is 0 Å². The number of hydrogen-bond donors (Lipinski definition) is 2. The fraction of sp³-hybridized carbons (Fsp3) is 0.727. The van der Waals surface area contributed by atoms with E-state index in [1.54, 1.807) is 13.0 Å². The van der Waals surface area contributed by atoms with Gasteiger partial charge in [-0.2, -0.15) is 0 Å². The van der Waals surface area contributed by atoms with Crippen molar-refractivity contribution in [2.75, 3.05) is 18.8 Å². The van der Waals surface area contributed by atoms with E-state index in [1.165, 1.54) is 0 Å². The van der Waals surface area contributed by atoms with Crippen LogP contribution in [0.1, 0.15) is 31.2 Å². The predicted octanol–water partition coefficient (Wildman–Crippen LogP) is 0.792. The maximum absolute atomic E-state index is 11.6. The predicted molar refractivity (Wildman–Crippen MR) is 69.6 cm³/mol. The van der Waals surface area contributed by atoms with E-state index in [2.05, 4.69) is 15.2 Å². The summed E-state index contributed by atoms with van der Waals surface area (Å²) in [5, 5.41) is 6.85. The Morgan fingerprint density at radius 2 is 2.17 bits per heavy atom. The molecule has 0 aliphatic rings. The minimum Gasteiger partial charge on any atom is -0.360 e. The molecule has 0 atom stereocenters. The summed E-state index contributed by atoms with van der Waals surface area (Å²) in [5.74, 6) is 0.676. The Balaban J connectivity index is 2.23. The summed E-state index contributed by atoms with van der Waals surface area (Å²) in [6.07, 6.45) is 1.51. The molecule has 0 saturated heterocycles. The molecule has 2 N–H and O–H groups in total. The van der Waals surface area contributed by atoms with Crippen LogP contribution in [0.2, 0.25) is 0 Å². The Morgan fingerprint density at radius 3 is 2.78 bits per heavy atom. The van der Waals surface area contributed by atoms with Crippen molar-refractivity contribution in [3.05, 3.63) is 17.5 Å². The van der Waals surface area contributed by atoms with Crippen molar-refractivity contribution in [3.63, 3.8) is 0 Å². The third-order valence-electron chi connectivity index (χ3n) is 2.41. The van der Waals surface area contributed by atoms with Gasteiger partial charge in [0, 0.05) is 6.07 Å². The van der Waals surface area contributed by atoms with Crippen molar-refractivity contribution >= 4 is 10.0 Å². The molecule has 1 aromatic heterocycles. The summed E-state index contributed by atoms with van der Waals surface area (Å²) in [4.78, 5) is 0. The smallest absolute Gasteiger partial charge is 0.212 e. The maximum Gasteiger partial charge on any atom is 0.212 e. The number of unbranched alkanes of at least 4 members (excludes halogenated alkanes) is 1. The van der Waals surface area contributed by atoms with E-state index in [-0.39, 0.29) is 12.3 Å². The second kappa shape index (κ2) is 7.50. The lowest BCUT2D eigenvalue weighted by Crippen LogP contribution is -2.26. The molecule has 1 heterocycles. The molecule has 6 nitrogen and oxygen atoms in total. The summed E-state index contributed by atoms with van der Waals surface area (Å²) in [6, 6.07) is 1.72. The van der Waals surface area contributed by atoms with E-state index in [1.807, 2.05) is 6.92 Å². The number of hydrogen-bond acceptors (Lipinski definition) is 5. The highest BCUT2D eigenvalue weighted by Crippen LogP contribution is 2.02. The molecule has 0 unspecified atom stereocenters. The number of nitrogens with one attached hydrogen (secondary N) is 2. The summed E-state index contributed by atoms with van der Waals surface area (Å²) in [5.41, 5.74) is 0.745. The van der Waals surface area contributed by atoms with E-state index >= 15 is 0 Å². The van der Waals surface area contributed by atoms with E-state index < -0.39 is 10.0 Å². The van der Waals surface area contributed by atoms with Gasteiger partial charge in [-0.1, -0.05) is 12.1 Å². The summed E-state index contributed by atoms with van der Waals surface area (Å²) in [7, 11) is -3.22. The largest absolute Gasteiger partial charge is 0.360 e. The zero-order chi connectivity index (χ0) is 13.4. The highest BCUT2D eigenvalue weighted by atomic mass is 32.2. The second-order valence-electron chi connectivity index (χ2n) is 4.14. The van der Waals surface area contributed by atoms with E-state index in [9.17, 15) is 8.42 Å². The van der Waals surface area contributed by atoms with Crippen molar-refractivity contribution < 1.29 is 12.9 Å². The molecule has 0 fully saturated rings. The van der Waals surface area contributed by atoms with E-state index in [4.69, 9.17) is 4.52 Å². The quantitative estimate of drug-likeness (QED) is 0.651. The molecule has 0 radical (unpaired) electrons. The van der Waals surface area contributed by atoms with Gasteiger partial charge in [0.05, 0.1) is 18.0 Å². The lowest BCUT2D eigenvalue weighted by Gasteiger charge is -2.05. The standard InChI is InChI=1S/C11H21N3O3S/c1-3-12-6-4-5-7-18(15,16)13-9-11-8-10(2)14-17-11/h8,12-13H,3-7,9H2,1-2H3. The average molecular weight is 275 g/mol. The van der Waals surface area contributed by atoms with E-state index in [0.717, 1.165) is 25.2 Å². The van der Waals surface area contributed by atoms with Crippen LogP contribution < -0.4 is 10.0 Å². The number of sulfonamides is 1. The second-order valence-corrected chi connectivity index (χ2v) is 6.06. The Morgan fingerprint density at radius 1 is 1.39 bits per heavy atom. The van der Waals surface area contributed by atoms with Gasteiger partial charge >= 0.3 is 0 Å². The molecule has 0 spiro atoms. The average Bonchev–Trinajstić information content (AvgIpc) is 2.73. The van der Waals surface area contributed by atoms with Gasteiger partial charge in [-0.25, -0.2) is 13.1 Å². The first kappa shape index (κ1) is 15.1. The minimum atomic E-state index is -3.22. The fourth-order valence-corrected chi connectivity index (χ4v) is 2.56. The van der Waals surface area contributed by atoms with Crippen LogP contribution in [0.4, 0.5) is 0 Å². The van der Waals surface area contributed by atoms with Crippen molar-refractivity contribution in [1.82, 2.24) is 15.2 Å². The molecule has 0 saturated carbocycles. The summed E-state index contributed by atoms with van der Waals surface area (Å²) < 4.78 is 30.7. The Hall–Kier alpha value is -0.920. The first-order valence-electron chi connectivity index (χ1n) is 6.14. The molecule has 0 bridgehead atoms. The zero-order valence-corrected chi connectivity index (χ0v) is 11.7.